The van der Waals surface area contributed by atoms with Crippen molar-refractivity contribution in [1.82, 2.24) is 5.32 Å². The second kappa shape index (κ2) is 6.39. The Labute approximate surface area is 133 Å². The number of amides is 1. The van der Waals surface area contributed by atoms with Crippen LogP contribution in [0.5, 0.6) is 0 Å². The average molecular weight is 330 g/mol. The summed E-state index contributed by atoms with van der Waals surface area (Å²) in [5.41, 5.74) is -0.671. The van der Waals surface area contributed by atoms with E-state index in [2.05, 4.69) is 10.6 Å². The van der Waals surface area contributed by atoms with E-state index in [1.165, 1.54) is 6.07 Å². The van der Waals surface area contributed by atoms with Gasteiger partial charge in [0.1, 0.15) is 5.60 Å². The van der Waals surface area contributed by atoms with Gasteiger partial charge in [0.15, 0.2) is 0 Å². The first-order valence-corrected chi connectivity index (χ1v) is 7.48. The highest BCUT2D eigenvalue weighted by Crippen LogP contribution is 2.36. The Morgan fingerprint density at radius 1 is 1.30 bits per heavy atom. The topological polar surface area (TPSA) is 50.4 Å². The molecule has 7 heteroatoms. The third-order valence-corrected chi connectivity index (χ3v) is 3.52. The molecule has 1 aliphatic rings. The fourth-order valence-corrected chi connectivity index (χ4v) is 2.53. The second-order valence-corrected chi connectivity index (χ2v) is 6.62. The Morgan fingerprint density at radius 2 is 2.00 bits per heavy atom. The number of benzene rings is 1. The quantitative estimate of drug-likeness (QED) is 0.857. The Balaban J connectivity index is 2.30. The Bertz CT molecular complexity index is 574. The molecule has 2 rings (SSSR count). The maximum Gasteiger partial charge on any atom is 0.416 e. The van der Waals surface area contributed by atoms with Gasteiger partial charge in [0.25, 0.3) is 0 Å². The maximum atomic E-state index is 12.9. The highest BCUT2D eigenvalue weighted by molar-refractivity contribution is 5.86. The van der Waals surface area contributed by atoms with Crippen molar-refractivity contribution in [3.63, 3.8) is 0 Å². The van der Waals surface area contributed by atoms with E-state index in [1.807, 2.05) is 0 Å². The van der Waals surface area contributed by atoms with Crippen LogP contribution in [0.4, 0.5) is 23.7 Å². The van der Waals surface area contributed by atoms with Crippen LogP contribution in [0.15, 0.2) is 18.2 Å². The fraction of sp³-hybridized carbons (Fsp3) is 0.562. The van der Waals surface area contributed by atoms with Crippen molar-refractivity contribution in [2.24, 2.45) is 0 Å². The minimum atomic E-state index is -4.46. The molecule has 1 unspecified atom stereocenters. The summed E-state index contributed by atoms with van der Waals surface area (Å²) >= 11 is 0. The highest BCUT2D eigenvalue weighted by atomic mass is 19.4. The van der Waals surface area contributed by atoms with E-state index < -0.39 is 23.4 Å². The molecular weight excluding hydrogens is 309 g/mol. The van der Waals surface area contributed by atoms with Crippen LogP contribution in [-0.2, 0) is 10.9 Å². The number of anilines is 1. The zero-order chi connectivity index (χ0) is 17.3. The second-order valence-electron chi connectivity index (χ2n) is 6.62. The minimum absolute atomic E-state index is 0.0715. The van der Waals surface area contributed by atoms with Gasteiger partial charge in [-0.1, -0.05) is 6.07 Å². The molecule has 1 aliphatic heterocycles. The molecule has 0 spiro atoms. The molecule has 1 heterocycles. The molecule has 1 aromatic rings. The first kappa shape index (κ1) is 17.6. The molecule has 128 valence electrons. The summed E-state index contributed by atoms with van der Waals surface area (Å²) in [6.07, 6.45) is -4.41. The van der Waals surface area contributed by atoms with Crippen molar-refractivity contribution in [2.45, 2.75) is 44.9 Å². The maximum absolute atomic E-state index is 12.9. The number of halogens is 3. The van der Waals surface area contributed by atoms with Crippen molar-refractivity contribution in [3.05, 3.63) is 29.3 Å². The van der Waals surface area contributed by atoms with Gasteiger partial charge in [-0.2, -0.15) is 13.2 Å². The third-order valence-electron chi connectivity index (χ3n) is 3.52. The summed E-state index contributed by atoms with van der Waals surface area (Å²) in [7, 11) is 0. The summed E-state index contributed by atoms with van der Waals surface area (Å²) < 4.78 is 43.9. The van der Waals surface area contributed by atoms with E-state index in [1.54, 1.807) is 20.8 Å². The molecular formula is C16H21F3N2O2. The normalized spacial score (nSPS) is 18.8. The lowest BCUT2D eigenvalue weighted by molar-refractivity contribution is -0.137. The van der Waals surface area contributed by atoms with E-state index in [0.29, 0.717) is 12.1 Å². The molecule has 2 N–H and O–H groups in total. The lowest BCUT2D eigenvalue weighted by atomic mass is 9.95. The Hall–Kier alpha value is -1.76. The lowest BCUT2D eigenvalue weighted by Crippen LogP contribution is -2.28. The van der Waals surface area contributed by atoms with Crippen molar-refractivity contribution in [3.8, 4) is 0 Å². The monoisotopic (exact) mass is 330 g/mol. The van der Waals surface area contributed by atoms with Gasteiger partial charge in [-0.3, -0.25) is 5.32 Å². The molecule has 0 aliphatic carbocycles. The van der Waals surface area contributed by atoms with Crippen LogP contribution in [0.2, 0.25) is 0 Å². The Kier molecular flexibility index (Phi) is 4.89. The van der Waals surface area contributed by atoms with Gasteiger partial charge in [0.05, 0.1) is 5.56 Å². The van der Waals surface area contributed by atoms with Crippen molar-refractivity contribution in [2.75, 3.05) is 18.4 Å². The van der Waals surface area contributed by atoms with E-state index in [9.17, 15) is 18.0 Å². The molecule has 1 amide bonds. The van der Waals surface area contributed by atoms with Crippen LogP contribution in [0, 0.1) is 0 Å². The van der Waals surface area contributed by atoms with Gasteiger partial charge in [-0.05, 0) is 57.4 Å². The molecule has 0 radical (unpaired) electrons. The van der Waals surface area contributed by atoms with Crippen molar-refractivity contribution >= 4 is 11.8 Å². The number of rotatable bonds is 2. The zero-order valence-corrected chi connectivity index (χ0v) is 13.4. The number of alkyl halides is 3. The first-order chi connectivity index (χ1) is 10.6. The molecule has 1 saturated heterocycles. The van der Waals surface area contributed by atoms with Gasteiger partial charge >= 0.3 is 12.3 Å². The average Bonchev–Trinajstić information content (AvgIpc) is 2.88. The van der Waals surface area contributed by atoms with Crippen LogP contribution in [-0.4, -0.2) is 24.8 Å². The van der Waals surface area contributed by atoms with Gasteiger partial charge < -0.3 is 10.1 Å². The van der Waals surface area contributed by atoms with Crippen LogP contribution in [0.25, 0.3) is 0 Å². The molecule has 4 nitrogen and oxygen atoms in total. The molecule has 1 fully saturated rings. The number of ether oxygens (including phenoxy) is 1. The number of nitrogens with one attached hydrogen (secondary N) is 2. The van der Waals surface area contributed by atoms with Crippen LogP contribution < -0.4 is 10.6 Å². The number of hydrogen-bond acceptors (Lipinski definition) is 3. The summed E-state index contributed by atoms with van der Waals surface area (Å²) in [6.45, 7) is 6.56. The summed E-state index contributed by atoms with van der Waals surface area (Å²) in [4.78, 5) is 11.9. The van der Waals surface area contributed by atoms with Gasteiger partial charge in [-0.15, -0.1) is 0 Å². The van der Waals surface area contributed by atoms with Crippen molar-refractivity contribution in [1.29, 1.82) is 0 Å². The number of carbonyl (C=O) groups excluding carboxylic acids is 1. The van der Waals surface area contributed by atoms with Crippen molar-refractivity contribution < 1.29 is 22.7 Å². The molecule has 0 bridgehead atoms. The summed E-state index contributed by atoms with van der Waals surface area (Å²) in [5, 5.41) is 5.64. The van der Waals surface area contributed by atoms with Crippen LogP contribution >= 0.6 is 0 Å². The predicted octanol–water partition coefficient (Wildman–Crippen LogP) is 4.13. The summed E-state index contributed by atoms with van der Waals surface area (Å²) in [5.74, 6) is 0.0715. The molecule has 0 aromatic heterocycles. The summed E-state index contributed by atoms with van der Waals surface area (Å²) in [6, 6.07) is 3.46. The smallest absolute Gasteiger partial charge is 0.416 e. The highest BCUT2D eigenvalue weighted by Gasteiger charge is 2.32. The molecule has 1 atom stereocenters. The SMILES string of the molecule is CC(C)(C)OC(=O)Nc1cc(C(F)(F)F)ccc1C1CCNC1. The third kappa shape index (κ3) is 4.86. The van der Waals surface area contributed by atoms with Gasteiger partial charge in [0, 0.05) is 12.2 Å². The zero-order valence-electron chi connectivity index (χ0n) is 13.4. The minimum Gasteiger partial charge on any atom is -0.444 e. The molecule has 0 saturated carbocycles. The van der Waals surface area contributed by atoms with Gasteiger partial charge in [-0.25, -0.2) is 4.79 Å². The largest absolute Gasteiger partial charge is 0.444 e. The van der Waals surface area contributed by atoms with Crippen LogP contribution in [0.3, 0.4) is 0 Å². The fourth-order valence-electron chi connectivity index (χ4n) is 2.53. The van der Waals surface area contributed by atoms with E-state index in [0.717, 1.165) is 25.1 Å². The Morgan fingerprint density at radius 3 is 2.52 bits per heavy atom. The predicted molar refractivity (Wildman–Crippen MR) is 81.5 cm³/mol. The number of carbonyl (C=O) groups is 1. The molecule has 23 heavy (non-hydrogen) atoms. The van der Waals surface area contributed by atoms with Gasteiger partial charge in [0.2, 0.25) is 0 Å². The number of hydrogen-bond donors (Lipinski definition) is 2. The van der Waals surface area contributed by atoms with E-state index in [4.69, 9.17) is 4.74 Å². The van der Waals surface area contributed by atoms with E-state index in [-0.39, 0.29) is 11.6 Å². The first-order valence-electron chi connectivity index (χ1n) is 7.48. The lowest BCUT2D eigenvalue weighted by Gasteiger charge is -2.22. The van der Waals surface area contributed by atoms with Crippen LogP contribution in [0.1, 0.15) is 44.2 Å². The van der Waals surface area contributed by atoms with E-state index >= 15 is 0 Å². The molecule has 1 aromatic carbocycles. The standard InChI is InChI=1S/C16H21F3N2O2/c1-15(2,3)23-14(22)21-13-8-11(16(17,18)19)4-5-12(13)10-6-7-20-9-10/h4-5,8,10,20H,6-7,9H2,1-3H3,(H,21,22).